The van der Waals surface area contributed by atoms with Crippen LogP contribution in [0.4, 0.5) is 0 Å². The first-order chi connectivity index (χ1) is 12.8. The van der Waals surface area contributed by atoms with Crippen molar-refractivity contribution >= 4 is 29.0 Å². The molecule has 1 amide bonds. The van der Waals surface area contributed by atoms with Gasteiger partial charge in [0.05, 0.1) is 5.25 Å². The van der Waals surface area contributed by atoms with E-state index in [1.807, 2.05) is 41.8 Å². The molecule has 7 heteroatoms. The maximum absolute atomic E-state index is 12.5. The van der Waals surface area contributed by atoms with Crippen LogP contribution in [0.3, 0.4) is 0 Å². The van der Waals surface area contributed by atoms with Crippen LogP contribution in [0.2, 0.25) is 0 Å². The van der Waals surface area contributed by atoms with Gasteiger partial charge < -0.3 is 9.88 Å². The lowest BCUT2D eigenvalue weighted by Gasteiger charge is -2.15. The minimum atomic E-state index is -0.177. The third-order valence-corrected chi connectivity index (χ3v) is 6.27. The zero-order chi connectivity index (χ0) is 18.2. The Labute approximate surface area is 161 Å². The fourth-order valence-electron chi connectivity index (χ4n) is 2.52. The molecule has 0 fully saturated rings. The van der Waals surface area contributed by atoms with Crippen molar-refractivity contribution < 1.29 is 4.79 Å². The van der Waals surface area contributed by atoms with Crippen LogP contribution in [0.15, 0.2) is 59.3 Å². The van der Waals surface area contributed by atoms with E-state index in [9.17, 15) is 4.79 Å². The van der Waals surface area contributed by atoms with E-state index in [4.69, 9.17) is 0 Å². The minimum absolute atomic E-state index is 0.0363. The summed E-state index contributed by atoms with van der Waals surface area (Å²) in [6.45, 7) is 3.38. The molecule has 1 atom stereocenters. The first kappa shape index (κ1) is 18.7. The van der Waals surface area contributed by atoms with Crippen LogP contribution in [0.1, 0.15) is 23.8 Å². The average molecular weight is 387 g/mol. The number of nitrogens with zero attached hydrogens (tertiary/aromatic N) is 3. The molecule has 0 aliphatic carbocycles. The van der Waals surface area contributed by atoms with E-state index in [0.29, 0.717) is 6.54 Å². The van der Waals surface area contributed by atoms with Crippen LogP contribution in [0.25, 0.3) is 0 Å². The molecule has 136 valence electrons. The second kappa shape index (κ2) is 9.54. The maximum atomic E-state index is 12.5. The third-order valence-electron chi connectivity index (χ3n) is 3.98. The van der Waals surface area contributed by atoms with Gasteiger partial charge in [0, 0.05) is 18.0 Å². The Morgan fingerprint density at radius 1 is 1.27 bits per heavy atom. The van der Waals surface area contributed by atoms with E-state index >= 15 is 0 Å². The maximum Gasteiger partial charge on any atom is 0.233 e. The van der Waals surface area contributed by atoms with E-state index in [0.717, 1.165) is 30.1 Å². The number of amides is 1. The van der Waals surface area contributed by atoms with Gasteiger partial charge in [-0.2, -0.15) is 0 Å². The van der Waals surface area contributed by atoms with Crippen molar-refractivity contribution in [1.82, 2.24) is 20.1 Å². The Hall–Kier alpha value is -2.12. The molecule has 1 aromatic carbocycles. The fourth-order valence-corrected chi connectivity index (χ4v) is 4.20. The predicted octanol–water partition coefficient (Wildman–Crippen LogP) is 3.77. The number of carbonyl (C=O) groups excluding carboxylic acids is 1. The first-order valence-corrected chi connectivity index (χ1v) is 10.4. The number of thiophene rings is 1. The summed E-state index contributed by atoms with van der Waals surface area (Å²) in [6, 6.07) is 14.1. The summed E-state index contributed by atoms with van der Waals surface area (Å²) >= 11 is 3.24. The van der Waals surface area contributed by atoms with Crippen LogP contribution < -0.4 is 5.32 Å². The zero-order valence-electron chi connectivity index (χ0n) is 14.7. The highest BCUT2D eigenvalue weighted by atomic mass is 32.2. The van der Waals surface area contributed by atoms with Crippen molar-refractivity contribution in [1.29, 1.82) is 0 Å². The molecule has 0 spiro atoms. The Morgan fingerprint density at radius 3 is 2.85 bits per heavy atom. The number of rotatable bonds is 9. The summed E-state index contributed by atoms with van der Waals surface area (Å²) in [4.78, 5) is 13.9. The summed E-state index contributed by atoms with van der Waals surface area (Å²) in [7, 11) is 0. The van der Waals surface area contributed by atoms with Crippen molar-refractivity contribution in [3.63, 3.8) is 0 Å². The van der Waals surface area contributed by atoms with Gasteiger partial charge in [-0.05, 0) is 29.9 Å². The molecule has 2 aromatic heterocycles. The molecule has 2 heterocycles. The number of hydrogen-bond donors (Lipinski definition) is 1. The molecule has 5 nitrogen and oxygen atoms in total. The van der Waals surface area contributed by atoms with Gasteiger partial charge in [0.1, 0.15) is 6.33 Å². The summed E-state index contributed by atoms with van der Waals surface area (Å²) in [6.07, 6.45) is 3.42. The monoisotopic (exact) mass is 386 g/mol. The third kappa shape index (κ3) is 5.19. The van der Waals surface area contributed by atoms with Crippen molar-refractivity contribution in [2.24, 2.45) is 0 Å². The highest BCUT2D eigenvalue weighted by molar-refractivity contribution is 8.00. The first-order valence-electron chi connectivity index (χ1n) is 8.64. The zero-order valence-corrected chi connectivity index (χ0v) is 16.3. The lowest BCUT2D eigenvalue weighted by Crippen LogP contribution is -2.32. The van der Waals surface area contributed by atoms with Gasteiger partial charge in [0.15, 0.2) is 5.16 Å². The molecule has 3 aromatic rings. The fraction of sp³-hybridized carbons (Fsp3) is 0.316. The average Bonchev–Trinajstić information content (AvgIpc) is 3.35. The van der Waals surface area contributed by atoms with E-state index in [-0.39, 0.29) is 11.2 Å². The smallest absolute Gasteiger partial charge is 0.233 e. The molecule has 1 unspecified atom stereocenters. The summed E-state index contributed by atoms with van der Waals surface area (Å²) in [5, 5.41) is 14.0. The molecule has 26 heavy (non-hydrogen) atoms. The van der Waals surface area contributed by atoms with Crippen molar-refractivity contribution in [2.75, 3.05) is 0 Å². The van der Waals surface area contributed by atoms with Crippen LogP contribution in [0, 0.1) is 0 Å². The largest absolute Gasteiger partial charge is 0.351 e. The lowest BCUT2D eigenvalue weighted by molar-refractivity contribution is -0.120. The number of aryl methyl sites for hydroxylation is 2. The van der Waals surface area contributed by atoms with E-state index in [2.05, 4.69) is 33.0 Å². The van der Waals surface area contributed by atoms with Gasteiger partial charge >= 0.3 is 0 Å². The van der Waals surface area contributed by atoms with Crippen LogP contribution >= 0.6 is 23.1 Å². The number of hydrogen-bond acceptors (Lipinski definition) is 5. The van der Waals surface area contributed by atoms with Gasteiger partial charge in [-0.1, -0.05) is 55.1 Å². The number of carbonyl (C=O) groups is 1. The molecule has 1 N–H and O–H groups in total. The second-order valence-electron chi connectivity index (χ2n) is 5.85. The van der Waals surface area contributed by atoms with Gasteiger partial charge in [-0.3, -0.25) is 4.79 Å². The number of aromatic nitrogens is 3. The standard InChI is InChI=1S/C19H22N4OS2/c1-2-17(18(24)20-13-15-7-4-3-5-8-15)26-19-22-21-14-23(19)11-10-16-9-6-12-25-16/h3-9,12,14,17H,2,10-11,13H2,1H3,(H,20,24). The van der Waals surface area contributed by atoms with E-state index in [1.54, 1.807) is 17.7 Å². The Morgan fingerprint density at radius 2 is 2.12 bits per heavy atom. The van der Waals surface area contributed by atoms with Gasteiger partial charge in [-0.25, -0.2) is 0 Å². The van der Waals surface area contributed by atoms with Crippen molar-refractivity contribution in [2.45, 2.75) is 43.3 Å². The molecule has 0 saturated heterocycles. The van der Waals surface area contributed by atoms with Crippen LogP contribution in [0.5, 0.6) is 0 Å². The summed E-state index contributed by atoms with van der Waals surface area (Å²) < 4.78 is 2.03. The molecule has 0 aliphatic rings. The Kier molecular flexibility index (Phi) is 6.85. The van der Waals surface area contributed by atoms with Gasteiger partial charge in [0.25, 0.3) is 0 Å². The highest BCUT2D eigenvalue weighted by Crippen LogP contribution is 2.24. The highest BCUT2D eigenvalue weighted by Gasteiger charge is 2.20. The van der Waals surface area contributed by atoms with E-state index in [1.165, 1.54) is 16.6 Å². The van der Waals surface area contributed by atoms with Crippen molar-refractivity contribution in [3.8, 4) is 0 Å². The second-order valence-corrected chi connectivity index (χ2v) is 8.06. The molecule has 0 saturated carbocycles. The topological polar surface area (TPSA) is 59.8 Å². The summed E-state index contributed by atoms with van der Waals surface area (Å²) in [5.41, 5.74) is 1.10. The molecular formula is C19H22N4OS2. The van der Waals surface area contributed by atoms with Crippen LogP contribution in [-0.2, 0) is 24.3 Å². The van der Waals surface area contributed by atoms with Crippen molar-refractivity contribution in [3.05, 3.63) is 64.6 Å². The molecule has 3 rings (SSSR count). The normalized spacial score (nSPS) is 12.0. The predicted molar refractivity (Wildman–Crippen MR) is 106 cm³/mol. The lowest BCUT2D eigenvalue weighted by atomic mass is 10.2. The molecule has 0 aliphatic heterocycles. The minimum Gasteiger partial charge on any atom is -0.351 e. The SMILES string of the molecule is CCC(Sc1nncn1CCc1cccs1)C(=O)NCc1ccccc1. The summed E-state index contributed by atoms with van der Waals surface area (Å²) in [5.74, 6) is 0.0363. The number of nitrogens with one attached hydrogen (secondary N) is 1. The van der Waals surface area contributed by atoms with Crippen LogP contribution in [-0.4, -0.2) is 25.9 Å². The Bertz CT molecular complexity index is 802. The Balaban J connectivity index is 1.55. The molecular weight excluding hydrogens is 364 g/mol. The van der Waals surface area contributed by atoms with Gasteiger partial charge in [0.2, 0.25) is 5.91 Å². The van der Waals surface area contributed by atoms with E-state index < -0.39 is 0 Å². The molecule has 0 bridgehead atoms. The quantitative estimate of drug-likeness (QED) is 0.569. The van der Waals surface area contributed by atoms with Gasteiger partial charge in [-0.15, -0.1) is 21.5 Å². The molecule has 0 radical (unpaired) electrons. The number of thioether (sulfide) groups is 1. The number of benzene rings is 1.